The number of sulfonamides is 1. The summed E-state index contributed by atoms with van der Waals surface area (Å²) in [5.41, 5.74) is 3.01. The maximum absolute atomic E-state index is 14.2. The van der Waals surface area contributed by atoms with Gasteiger partial charge in [0.25, 0.3) is 10.0 Å². The Morgan fingerprint density at radius 1 is 0.952 bits per heavy atom. The molecule has 8 nitrogen and oxygen atoms in total. The number of nitrogens with one attached hydrogen (secondary N) is 1. The molecule has 10 heteroatoms. The van der Waals surface area contributed by atoms with Crippen LogP contribution in [0.25, 0.3) is 0 Å². The number of amides is 2. The summed E-state index contributed by atoms with van der Waals surface area (Å²) in [5.74, 6) is -0.110. The lowest BCUT2D eigenvalue weighted by Crippen LogP contribution is -2.52. The van der Waals surface area contributed by atoms with Crippen LogP contribution in [-0.4, -0.2) is 51.4 Å². The van der Waals surface area contributed by atoms with Gasteiger partial charge in [-0.2, -0.15) is 0 Å². The van der Waals surface area contributed by atoms with Gasteiger partial charge >= 0.3 is 0 Å². The summed E-state index contributed by atoms with van der Waals surface area (Å²) < 4.78 is 34.4. The van der Waals surface area contributed by atoms with Crippen LogP contribution < -0.4 is 14.4 Å². The minimum atomic E-state index is -4.17. The van der Waals surface area contributed by atoms with E-state index in [1.54, 1.807) is 31.4 Å². The number of hydrogen-bond acceptors (Lipinski definition) is 5. The number of anilines is 1. The number of ether oxygens (including phenoxy) is 1. The molecule has 3 rings (SSSR count). The van der Waals surface area contributed by atoms with Crippen molar-refractivity contribution in [2.75, 3.05) is 24.5 Å². The molecule has 0 fully saturated rings. The molecule has 226 valence electrons. The number of carbonyl (C=O) groups excluding carboxylic acids is 2. The Hall–Kier alpha value is -3.56. The fourth-order valence-electron chi connectivity index (χ4n) is 4.50. The zero-order valence-electron chi connectivity index (χ0n) is 24.9. The SMILES string of the molecule is CCCCNC(=O)[C@@H](CC)N(Cc1ccc(OC)cc1)C(=O)CN(c1ccc(C)c(C)c1)S(=O)(=O)c1ccc(Cl)cc1. The standard InChI is InChI=1S/C32H40ClN3O5S/c1-6-8-19-34-32(38)30(7-2)35(21-25-10-15-28(41-5)16-11-25)31(37)22-36(27-14-9-23(3)24(4)20-27)42(39,40)29-17-12-26(33)13-18-29/h9-18,20,30H,6-8,19,21-22H2,1-5H3,(H,34,38)/t30-/m1/s1. The smallest absolute Gasteiger partial charge is 0.264 e. The molecule has 3 aromatic rings. The van der Waals surface area contributed by atoms with E-state index in [0.717, 1.165) is 33.8 Å². The lowest BCUT2D eigenvalue weighted by atomic mass is 10.1. The highest BCUT2D eigenvalue weighted by Gasteiger charge is 2.33. The molecule has 0 saturated carbocycles. The fourth-order valence-corrected chi connectivity index (χ4v) is 6.03. The summed E-state index contributed by atoms with van der Waals surface area (Å²) in [6.45, 7) is 7.80. The van der Waals surface area contributed by atoms with E-state index in [4.69, 9.17) is 16.3 Å². The van der Waals surface area contributed by atoms with Gasteiger partial charge in [0.05, 0.1) is 17.7 Å². The van der Waals surface area contributed by atoms with E-state index in [1.165, 1.54) is 29.2 Å². The van der Waals surface area contributed by atoms with E-state index in [-0.39, 0.29) is 17.3 Å². The molecule has 0 unspecified atom stereocenters. The number of methoxy groups -OCH3 is 1. The molecule has 0 radical (unpaired) electrons. The largest absolute Gasteiger partial charge is 0.497 e. The van der Waals surface area contributed by atoms with Gasteiger partial charge in [0.15, 0.2) is 0 Å². The number of carbonyl (C=O) groups is 2. The van der Waals surface area contributed by atoms with Crippen molar-refractivity contribution in [3.05, 3.63) is 88.4 Å². The first-order valence-corrected chi connectivity index (χ1v) is 15.9. The average molecular weight is 614 g/mol. The molecular formula is C32H40ClN3O5S. The number of halogens is 1. The van der Waals surface area contributed by atoms with Crippen molar-refractivity contribution in [1.82, 2.24) is 10.2 Å². The van der Waals surface area contributed by atoms with Gasteiger partial charge in [0.1, 0.15) is 18.3 Å². The molecule has 2 amide bonds. The molecule has 0 aliphatic heterocycles. The van der Waals surface area contributed by atoms with E-state index >= 15 is 0 Å². The lowest BCUT2D eigenvalue weighted by molar-refractivity contribution is -0.140. The van der Waals surface area contributed by atoms with Crippen LogP contribution in [-0.2, 0) is 26.2 Å². The second-order valence-electron chi connectivity index (χ2n) is 10.2. The molecule has 0 aliphatic rings. The average Bonchev–Trinajstić information content (AvgIpc) is 2.97. The van der Waals surface area contributed by atoms with Crippen LogP contribution >= 0.6 is 11.6 Å². The number of benzene rings is 3. The van der Waals surface area contributed by atoms with Crippen LogP contribution in [0.3, 0.4) is 0 Å². The van der Waals surface area contributed by atoms with Gasteiger partial charge in [-0.05, 0) is 91.9 Å². The van der Waals surface area contributed by atoms with Gasteiger partial charge in [0.2, 0.25) is 11.8 Å². The van der Waals surface area contributed by atoms with Crippen LogP contribution in [0.15, 0.2) is 71.6 Å². The molecule has 0 saturated heterocycles. The fraction of sp³-hybridized carbons (Fsp3) is 0.375. The van der Waals surface area contributed by atoms with Crippen LogP contribution in [0.1, 0.15) is 49.8 Å². The molecule has 0 aliphatic carbocycles. The normalized spacial score (nSPS) is 12.0. The Morgan fingerprint density at radius 3 is 2.19 bits per heavy atom. The maximum atomic E-state index is 14.2. The molecule has 0 spiro atoms. The third-order valence-electron chi connectivity index (χ3n) is 7.19. The molecule has 0 aromatic heterocycles. The number of aryl methyl sites for hydroxylation is 2. The zero-order chi connectivity index (χ0) is 30.9. The van der Waals surface area contributed by atoms with Gasteiger partial charge in [0, 0.05) is 18.1 Å². The molecule has 1 atom stereocenters. The zero-order valence-corrected chi connectivity index (χ0v) is 26.5. The van der Waals surface area contributed by atoms with Crippen molar-refractivity contribution in [2.45, 2.75) is 64.4 Å². The maximum Gasteiger partial charge on any atom is 0.264 e. The van der Waals surface area contributed by atoms with Crippen molar-refractivity contribution in [3.8, 4) is 5.75 Å². The Bertz CT molecular complexity index is 1460. The van der Waals surface area contributed by atoms with Gasteiger partial charge in [-0.25, -0.2) is 8.42 Å². The van der Waals surface area contributed by atoms with E-state index in [0.29, 0.717) is 29.4 Å². The summed E-state index contributed by atoms with van der Waals surface area (Å²) in [7, 11) is -2.60. The first-order valence-electron chi connectivity index (χ1n) is 14.1. The van der Waals surface area contributed by atoms with Crippen molar-refractivity contribution < 1.29 is 22.7 Å². The van der Waals surface area contributed by atoms with Crippen LogP contribution in [0, 0.1) is 13.8 Å². The van der Waals surface area contributed by atoms with Gasteiger partial charge in [-0.1, -0.05) is 50.1 Å². The summed E-state index contributed by atoms with van der Waals surface area (Å²) in [5, 5.41) is 3.33. The van der Waals surface area contributed by atoms with Crippen molar-refractivity contribution in [1.29, 1.82) is 0 Å². The van der Waals surface area contributed by atoms with Crippen molar-refractivity contribution in [2.24, 2.45) is 0 Å². The second-order valence-corrected chi connectivity index (χ2v) is 12.5. The van der Waals surface area contributed by atoms with Crippen LogP contribution in [0.4, 0.5) is 5.69 Å². The molecular weight excluding hydrogens is 574 g/mol. The number of nitrogens with zero attached hydrogens (tertiary/aromatic N) is 2. The second kappa shape index (κ2) is 15.1. The van der Waals surface area contributed by atoms with Crippen LogP contribution in [0.2, 0.25) is 5.02 Å². The van der Waals surface area contributed by atoms with Crippen LogP contribution in [0.5, 0.6) is 5.75 Å². The van der Waals surface area contributed by atoms with Gasteiger partial charge in [-0.3, -0.25) is 13.9 Å². The van der Waals surface area contributed by atoms with Gasteiger partial charge in [-0.15, -0.1) is 0 Å². The Labute approximate surface area is 254 Å². The van der Waals surface area contributed by atoms with E-state index in [2.05, 4.69) is 5.32 Å². The lowest BCUT2D eigenvalue weighted by Gasteiger charge is -2.33. The highest BCUT2D eigenvalue weighted by atomic mass is 35.5. The predicted octanol–water partition coefficient (Wildman–Crippen LogP) is 5.88. The summed E-state index contributed by atoms with van der Waals surface area (Å²) in [6, 6.07) is 17.5. The highest BCUT2D eigenvalue weighted by Crippen LogP contribution is 2.27. The third-order valence-corrected chi connectivity index (χ3v) is 9.23. The number of rotatable bonds is 14. The minimum absolute atomic E-state index is 0.00369. The molecule has 42 heavy (non-hydrogen) atoms. The molecule has 0 bridgehead atoms. The first kappa shape index (κ1) is 32.9. The monoisotopic (exact) mass is 613 g/mol. The van der Waals surface area contributed by atoms with E-state index in [1.807, 2.05) is 45.9 Å². The van der Waals surface area contributed by atoms with E-state index < -0.39 is 28.5 Å². The van der Waals surface area contributed by atoms with E-state index in [9.17, 15) is 18.0 Å². The molecule has 3 aromatic carbocycles. The number of hydrogen-bond donors (Lipinski definition) is 1. The predicted molar refractivity (Wildman–Crippen MR) is 167 cm³/mol. The van der Waals surface area contributed by atoms with Crippen molar-refractivity contribution in [3.63, 3.8) is 0 Å². The molecule has 1 N–H and O–H groups in total. The Kier molecular flexibility index (Phi) is 11.8. The summed E-state index contributed by atoms with van der Waals surface area (Å²) >= 11 is 6.03. The highest BCUT2D eigenvalue weighted by molar-refractivity contribution is 7.92. The summed E-state index contributed by atoms with van der Waals surface area (Å²) in [4.78, 5) is 28.9. The third kappa shape index (κ3) is 8.26. The van der Waals surface area contributed by atoms with Gasteiger partial charge < -0.3 is 15.0 Å². The summed E-state index contributed by atoms with van der Waals surface area (Å²) in [6.07, 6.45) is 2.08. The first-order chi connectivity index (χ1) is 20.0. The Balaban J connectivity index is 2.05. The molecule has 0 heterocycles. The van der Waals surface area contributed by atoms with Crippen molar-refractivity contribution >= 4 is 39.1 Å². The quantitative estimate of drug-likeness (QED) is 0.229. The minimum Gasteiger partial charge on any atom is -0.497 e. The topological polar surface area (TPSA) is 96.0 Å². The Morgan fingerprint density at radius 2 is 1.62 bits per heavy atom. The number of unbranched alkanes of at least 4 members (excludes halogenated alkanes) is 1.